The maximum atomic E-state index is 10.5. The highest BCUT2D eigenvalue weighted by atomic mass is 32.1. The first-order valence-corrected chi connectivity index (χ1v) is 5.09. The van der Waals surface area contributed by atoms with Crippen LogP contribution in [-0.2, 0) is 4.79 Å². The van der Waals surface area contributed by atoms with E-state index >= 15 is 0 Å². The second kappa shape index (κ2) is 3.92. The number of hydrogen-bond acceptors (Lipinski definition) is 5. The third-order valence-corrected chi connectivity index (χ3v) is 2.66. The van der Waals surface area contributed by atoms with Crippen molar-refractivity contribution in [2.75, 3.05) is 0 Å². The van der Waals surface area contributed by atoms with Gasteiger partial charge in [-0.1, -0.05) is 6.07 Å². The van der Waals surface area contributed by atoms with Gasteiger partial charge in [0.1, 0.15) is 11.0 Å². The van der Waals surface area contributed by atoms with Gasteiger partial charge in [-0.05, 0) is 17.7 Å². The highest BCUT2D eigenvalue weighted by Crippen LogP contribution is 2.19. The quantitative estimate of drug-likeness (QED) is 0.815. The highest BCUT2D eigenvalue weighted by molar-refractivity contribution is 7.00. The van der Waals surface area contributed by atoms with Gasteiger partial charge in [0.05, 0.1) is 18.1 Å². The molecule has 0 radical (unpaired) electrons. The van der Waals surface area contributed by atoms with Gasteiger partial charge in [-0.3, -0.25) is 4.79 Å². The van der Waals surface area contributed by atoms with E-state index in [0.29, 0.717) is 0 Å². The number of aliphatic carboxylic acids is 1. The van der Waals surface area contributed by atoms with E-state index in [0.717, 1.165) is 28.3 Å². The van der Waals surface area contributed by atoms with Crippen molar-refractivity contribution in [3.63, 3.8) is 0 Å². The molecule has 1 aromatic carbocycles. The summed E-state index contributed by atoms with van der Waals surface area (Å²) in [6, 6.07) is 4.88. The van der Waals surface area contributed by atoms with E-state index in [1.807, 2.05) is 0 Å². The Kier molecular flexibility index (Phi) is 2.61. The number of rotatable bonds is 3. The fourth-order valence-electron chi connectivity index (χ4n) is 1.34. The molecule has 5 nitrogen and oxygen atoms in total. The first-order valence-electron chi connectivity index (χ1n) is 4.36. The van der Waals surface area contributed by atoms with Crippen molar-refractivity contribution in [2.45, 2.75) is 12.5 Å². The predicted octanol–water partition coefficient (Wildman–Crippen LogP) is 1.17. The standard InChI is InChI=1S/C9H9N3O2S/c10-6(4-9(13)14)5-1-2-7-8(3-5)12-15-11-7/h1-3,6H,4,10H2,(H,13,14). The molecule has 0 fully saturated rings. The molecule has 1 aromatic heterocycles. The van der Waals surface area contributed by atoms with Crippen molar-refractivity contribution in [3.8, 4) is 0 Å². The number of hydrogen-bond donors (Lipinski definition) is 2. The van der Waals surface area contributed by atoms with Crippen molar-refractivity contribution in [1.29, 1.82) is 0 Å². The van der Waals surface area contributed by atoms with Crippen molar-refractivity contribution in [3.05, 3.63) is 23.8 Å². The number of nitrogens with zero attached hydrogens (tertiary/aromatic N) is 2. The third-order valence-electron chi connectivity index (χ3n) is 2.10. The molecule has 2 rings (SSSR count). The topological polar surface area (TPSA) is 89.1 Å². The van der Waals surface area contributed by atoms with Gasteiger partial charge in [0.25, 0.3) is 0 Å². The zero-order chi connectivity index (χ0) is 10.8. The minimum Gasteiger partial charge on any atom is -0.481 e. The van der Waals surface area contributed by atoms with E-state index in [1.54, 1.807) is 18.2 Å². The Morgan fingerprint density at radius 3 is 2.93 bits per heavy atom. The molecule has 78 valence electrons. The lowest BCUT2D eigenvalue weighted by atomic mass is 10.0. The summed E-state index contributed by atoms with van der Waals surface area (Å²) in [6.45, 7) is 0. The maximum absolute atomic E-state index is 10.5. The molecule has 1 unspecified atom stereocenters. The first-order chi connectivity index (χ1) is 7.16. The molecule has 0 bridgehead atoms. The van der Waals surface area contributed by atoms with Crippen molar-refractivity contribution in [2.24, 2.45) is 5.73 Å². The summed E-state index contributed by atoms with van der Waals surface area (Å²) in [5.74, 6) is -0.904. The SMILES string of the molecule is NC(CC(=O)O)c1ccc2nsnc2c1. The van der Waals surface area contributed by atoms with E-state index < -0.39 is 12.0 Å². The number of carboxylic acids is 1. The molecule has 1 heterocycles. The zero-order valence-electron chi connectivity index (χ0n) is 7.75. The van der Waals surface area contributed by atoms with Crippen LogP contribution in [0.15, 0.2) is 18.2 Å². The van der Waals surface area contributed by atoms with Crippen molar-refractivity contribution < 1.29 is 9.90 Å². The summed E-state index contributed by atoms with van der Waals surface area (Å²) in [5.41, 5.74) is 8.08. The van der Waals surface area contributed by atoms with Crippen molar-refractivity contribution in [1.82, 2.24) is 8.75 Å². The Balaban J connectivity index is 2.30. The van der Waals surface area contributed by atoms with Gasteiger partial charge in [-0.2, -0.15) is 8.75 Å². The number of aromatic nitrogens is 2. The van der Waals surface area contributed by atoms with E-state index in [1.165, 1.54) is 0 Å². The molecule has 1 atom stereocenters. The Morgan fingerprint density at radius 2 is 2.20 bits per heavy atom. The Bertz CT molecular complexity index is 497. The van der Waals surface area contributed by atoms with E-state index in [4.69, 9.17) is 10.8 Å². The summed E-state index contributed by atoms with van der Waals surface area (Å²) < 4.78 is 8.12. The molecule has 0 aliphatic rings. The Morgan fingerprint density at radius 1 is 1.47 bits per heavy atom. The molecule has 2 aromatic rings. The molecule has 6 heteroatoms. The highest BCUT2D eigenvalue weighted by Gasteiger charge is 2.11. The zero-order valence-corrected chi connectivity index (χ0v) is 8.57. The van der Waals surface area contributed by atoms with Crippen LogP contribution in [0.3, 0.4) is 0 Å². The van der Waals surface area contributed by atoms with Crippen LogP contribution >= 0.6 is 11.7 Å². The molecule has 0 aliphatic carbocycles. The number of nitrogens with two attached hydrogens (primary N) is 1. The maximum Gasteiger partial charge on any atom is 0.305 e. The van der Waals surface area contributed by atoms with Crippen LogP contribution in [-0.4, -0.2) is 19.8 Å². The van der Waals surface area contributed by atoms with Crippen LogP contribution in [0.1, 0.15) is 18.0 Å². The number of benzene rings is 1. The summed E-state index contributed by atoms with van der Waals surface area (Å²) in [4.78, 5) is 10.5. The Labute approximate surface area is 89.9 Å². The molecule has 0 saturated carbocycles. The van der Waals surface area contributed by atoms with Crippen LogP contribution in [0.25, 0.3) is 11.0 Å². The van der Waals surface area contributed by atoms with Gasteiger partial charge in [-0.25, -0.2) is 0 Å². The average molecular weight is 223 g/mol. The number of fused-ring (bicyclic) bond motifs is 1. The smallest absolute Gasteiger partial charge is 0.305 e. The van der Waals surface area contributed by atoms with E-state index in [2.05, 4.69) is 8.75 Å². The summed E-state index contributed by atoms with van der Waals surface area (Å²) in [7, 11) is 0. The molecule has 0 saturated heterocycles. The van der Waals surface area contributed by atoms with Gasteiger partial charge in [-0.15, -0.1) is 0 Å². The summed E-state index contributed by atoms with van der Waals surface area (Å²) in [6.07, 6.45) is -0.0803. The number of carbonyl (C=O) groups is 1. The fraction of sp³-hybridized carbons (Fsp3) is 0.222. The average Bonchev–Trinajstić information content (AvgIpc) is 2.62. The van der Waals surface area contributed by atoms with E-state index in [-0.39, 0.29) is 6.42 Å². The van der Waals surface area contributed by atoms with Crippen LogP contribution in [0.5, 0.6) is 0 Å². The molecule has 0 amide bonds. The number of carboxylic acid groups (broad SMARTS) is 1. The lowest BCUT2D eigenvalue weighted by Gasteiger charge is -2.08. The van der Waals surface area contributed by atoms with Crippen LogP contribution in [0.4, 0.5) is 0 Å². The van der Waals surface area contributed by atoms with Crippen LogP contribution < -0.4 is 5.73 Å². The lowest BCUT2D eigenvalue weighted by molar-refractivity contribution is -0.137. The van der Waals surface area contributed by atoms with Gasteiger partial charge in [0, 0.05) is 6.04 Å². The van der Waals surface area contributed by atoms with Gasteiger partial charge >= 0.3 is 5.97 Å². The van der Waals surface area contributed by atoms with Crippen LogP contribution in [0, 0.1) is 0 Å². The second-order valence-corrected chi connectivity index (χ2v) is 3.75. The second-order valence-electron chi connectivity index (χ2n) is 3.22. The third kappa shape index (κ3) is 2.11. The van der Waals surface area contributed by atoms with E-state index in [9.17, 15) is 4.79 Å². The molecular formula is C9H9N3O2S. The monoisotopic (exact) mass is 223 g/mol. The predicted molar refractivity (Wildman–Crippen MR) is 56.6 cm³/mol. The fourth-order valence-corrected chi connectivity index (χ4v) is 1.85. The summed E-state index contributed by atoms with van der Waals surface area (Å²) in [5, 5.41) is 8.61. The van der Waals surface area contributed by atoms with Crippen LogP contribution in [0.2, 0.25) is 0 Å². The molecule has 0 spiro atoms. The molecule has 15 heavy (non-hydrogen) atoms. The normalized spacial score (nSPS) is 12.9. The lowest BCUT2D eigenvalue weighted by Crippen LogP contribution is -2.14. The van der Waals surface area contributed by atoms with Gasteiger partial charge in [0.15, 0.2) is 0 Å². The van der Waals surface area contributed by atoms with Gasteiger partial charge in [0.2, 0.25) is 0 Å². The first kappa shape index (κ1) is 10.0. The van der Waals surface area contributed by atoms with Crippen molar-refractivity contribution >= 4 is 28.7 Å². The minimum absolute atomic E-state index is 0.0803. The molecule has 3 N–H and O–H groups in total. The molecule has 0 aliphatic heterocycles. The molecular weight excluding hydrogens is 214 g/mol. The summed E-state index contributed by atoms with van der Waals surface area (Å²) >= 11 is 1.13. The Hall–Kier alpha value is -1.53. The minimum atomic E-state index is -0.904. The largest absolute Gasteiger partial charge is 0.481 e. The van der Waals surface area contributed by atoms with Gasteiger partial charge < -0.3 is 10.8 Å².